The van der Waals surface area contributed by atoms with E-state index in [0.717, 1.165) is 31.0 Å². The van der Waals surface area contributed by atoms with Gasteiger partial charge in [0.05, 0.1) is 6.26 Å². The van der Waals surface area contributed by atoms with Crippen LogP contribution in [0.2, 0.25) is 0 Å². The van der Waals surface area contributed by atoms with Crippen molar-refractivity contribution in [3.63, 3.8) is 0 Å². The highest BCUT2D eigenvalue weighted by Gasteiger charge is 2.29. The predicted octanol–water partition coefficient (Wildman–Crippen LogP) is 0.682. The summed E-state index contributed by atoms with van der Waals surface area (Å²) in [5.74, 6) is 2.10. The Morgan fingerprint density at radius 2 is 2.00 bits per heavy atom. The molecule has 23 heavy (non-hydrogen) atoms. The fourth-order valence-corrected chi connectivity index (χ4v) is 3.97. The van der Waals surface area contributed by atoms with Crippen molar-refractivity contribution in [3.8, 4) is 0 Å². The summed E-state index contributed by atoms with van der Waals surface area (Å²) in [4.78, 5) is 0. The molecule has 0 spiro atoms. The summed E-state index contributed by atoms with van der Waals surface area (Å²) in [6, 6.07) is 1.88. The highest BCUT2D eigenvalue weighted by molar-refractivity contribution is 7.88. The van der Waals surface area contributed by atoms with Crippen LogP contribution in [0.25, 0.3) is 0 Å². The zero-order valence-corrected chi connectivity index (χ0v) is 14.3. The second-order valence-electron chi connectivity index (χ2n) is 5.86. The van der Waals surface area contributed by atoms with Crippen molar-refractivity contribution in [1.82, 2.24) is 28.9 Å². The first-order chi connectivity index (χ1) is 11.0. The van der Waals surface area contributed by atoms with Crippen LogP contribution in [-0.2, 0) is 23.1 Å². The molecule has 126 valence electrons. The average Bonchev–Trinajstić information content (AvgIpc) is 3.16. The summed E-state index contributed by atoms with van der Waals surface area (Å²) >= 11 is 0. The number of sulfonamides is 1. The molecule has 3 heterocycles. The molecule has 9 heteroatoms. The lowest BCUT2D eigenvalue weighted by Crippen LogP contribution is -2.37. The summed E-state index contributed by atoms with van der Waals surface area (Å²) in [6.07, 6.45) is 6.48. The second-order valence-corrected chi connectivity index (χ2v) is 7.84. The van der Waals surface area contributed by atoms with Crippen molar-refractivity contribution in [2.24, 2.45) is 0 Å². The first kappa shape index (κ1) is 16.1. The third-order valence-electron chi connectivity index (χ3n) is 4.32. The zero-order valence-electron chi connectivity index (χ0n) is 13.5. The molecule has 2 aromatic heterocycles. The van der Waals surface area contributed by atoms with Crippen LogP contribution in [-0.4, -0.2) is 56.6 Å². The normalized spacial score (nSPS) is 17.7. The molecular weight excluding hydrogens is 316 g/mol. The van der Waals surface area contributed by atoms with Crippen LogP contribution in [0.5, 0.6) is 0 Å². The van der Waals surface area contributed by atoms with E-state index in [-0.39, 0.29) is 5.92 Å². The van der Waals surface area contributed by atoms with E-state index in [4.69, 9.17) is 0 Å². The van der Waals surface area contributed by atoms with Crippen LogP contribution in [0.1, 0.15) is 37.3 Å². The van der Waals surface area contributed by atoms with E-state index in [9.17, 15) is 8.42 Å². The Bertz CT molecular complexity index is 744. The Kier molecular flexibility index (Phi) is 4.49. The third kappa shape index (κ3) is 3.45. The van der Waals surface area contributed by atoms with Gasteiger partial charge in [0.15, 0.2) is 5.82 Å². The number of aromatic nitrogens is 5. The van der Waals surface area contributed by atoms with Gasteiger partial charge in [-0.25, -0.2) is 12.7 Å². The van der Waals surface area contributed by atoms with E-state index < -0.39 is 10.0 Å². The zero-order chi connectivity index (χ0) is 16.4. The van der Waals surface area contributed by atoms with Gasteiger partial charge in [0.1, 0.15) is 12.4 Å². The van der Waals surface area contributed by atoms with Crippen molar-refractivity contribution in [3.05, 3.63) is 30.1 Å². The molecule has 0 radical (unpaired) electrons. The highest BCUT2D eigenvalue weighted by Crippen LogP contribution is 2.28. The summed E-state index contributed by atoms with van der Waals surface area (Å²) in [5.41, 5.74) is 0. The van der Waals surface area contributed by atoms with Crippen LogP contribution in [0, 0.1) is 0 Å². The SMILES string of the molecule is CCn1c(Cn2cccn2)nnc1C1CCN(S(C)(=O)=O)CC1. The van der Waals surface area contributed by atoms with Crippen LogP contribution in [0.15, 0.2) is 18.5 Å². The van der Waals surface area contributed by atoms with Gasteiger partial charge >= 0.3 is 0 Å². The van der Waals surface area contributed by atoms with Crippen molar-refractivity contribution < 1.29 is 8.42 Å². The monoisotopic (exact) mass is 338 g/mol. The number of piperidine rings is 1. The molecule has 1 aliphatic rings. The van der Waals surface area contributed by atoms with Gasteiger partial charge in [0.25, 0.3) is 0 Å². The molecular formula is C14H22N6O2S. The molecule has 0 amide bonds. The summed E-state index contributed by atoms with van der Waals surface area (Å²) < 4.78 is 28.7. The van der Waals surface area contributed by atoms with Gasteiger partial charge in [-0.05, 0) is 25.8 Å². The Morgan fingerprint density at radius 3 is 2.57 bits per heavy atom. The third-order valence-corrected chi connectivity index (χ3v) is 5.63. The minimum atomic E-state index is -3.10. The fraction of sp³-hybridized carbons (Fsp3) is 0.643. The number of rotatable bonds is 5. The second kappa shape index (κ2) is 6.40. The lowest BCUT2D eigenvalue weighted by atomic mass is 9.97. The van der Waals surface area contributed by atoms with Crippen molar-refractivity contribution in [2.45, 2.75) is 38.8 Å². The molecule has 3 rings (SSSR count). The van der Waals surface area contributed by atoms with Gasteiger partial charge in [-0.3, -0.25) is 4.68 Å². The van der Waals surface area contributed by atoms with Gasteiger partial charge in [0.2, 0.25) is 10.0 Å². The molecule has 1 saturated heterocycles. The standard InChI is InChI=1S/C14H22N6O2S/c1-3-20-13(11-18-8-4-7-15-18)16-17-14(20)12-5-9-19(10-6-12)23(2,21)22/h4,7-8,12H,3,5-6,9-11H2,1-2H3. The minimum absolute atomic E-state index is 0.256. The molecule has 0 saturated carbocycles. The Morgan fingerprint density at radius 1 is 1.26 bits per heavy atom. The van der Waals surface area contributed by atoms with Crippen LogP contribution >= 0.6 is 0 Å². The molecule has 1 fully saturated rings. The smallest absolute Gasteiger partial charge is 0.211 e. The first-order valence-corrected chi connectivity index (χ1v) is 9.68. The molecule has 1 aliphatic heterocycles. The van der Waals surface area contributed by atoms with E-state index in [0.29, 0.717) is 19.6 Å². The van der Waals surface area contributed by atoms with Crippen LogP contribution < -0.4 is 0 Å². The van der Waals surface area contributed by atoms with Gasteiger partial charge in [0, 0.05) is 37.9 Å². The maximum atomic E-state index is 11.6. The van der Waals surface area contributed by atoms with Crippen molar-refractivity contribution in [2.75, 3.05) is 19.3 Å². The van der Waals surface area contributed by atoms with Gasteiger partial charge in [-0.1, -0.05) is 0 Å². The predicted molar refractivity (Wildman–Crippen MR) is 85.4 cm³/mol. The van der Waals surface area contributed by atoms with Crippen LogP contribution in [0.4, 0.5) is 0 Å². The van der Waals surface area contributed by atoms with E-state index in [1.807, 2.05) is 16.9 Å². The number of hydrogen-bond acceptors (Lipinski definition) is 5. The maximum absolute atomic E-state index is 11.6. The molecule has 8 nitrogen and oxygen atoms in total. The highest BCUT2D eigenvalue weighted by atomic mass is 32.2. The van der Waals surface area contributed by atoms with E-state index in [1.54, 1.807) is 10.5 Å². The quantitative estimate of drug-likeness (QED) is 0.800. The molecule has 0 atom stereocenters. The van der Waals surface area contributed by atoms with Gasteiger partial charge in [-0.2, -0.15) is 5.10 Å². The van der Waals surface area contributed by atoms with Crippen molar-refractivity contribution in [1.29, 1.82) is 0 Å². The van der Waals surface area contributed by atoms with E-state index in [2.05, 4.69) is 26.8 Å². The Hall–Kier alpha value is -1.74. The largest absolute Gasteiger partial charge is 0.313 e. The maximum Gasteiger partial charge on any atom is 0.211 e. The summed E-state index contributed by atoms with van der Waals surface area (Å²) in [5, 5.41) is 12.9. The molecule has 0 aliphatic carbocycles. The summed E-state index contributed by atoms with van der Waals surface area (Å²) in [6.45, 7) is 4.56. The average molecular weight is 338 g/mol. The van der Waals surface area contributed by atoms with Gasteiger partial charge < -0.3 is 4.57 Å². The topological polar surface area (TPSA) is 85.9 Å². The summed E-state index contributed by atoms with van der Waals surface area (Å²) in [7, 11) is -3.10. The van der Waals surface area contributed by atoms with E-state index >= 15 is 0 Å². The Balaban J connectivity index is 1.75. The Labute approximate surface area is 136 Å². The lowest BCUT2D eigenvalue weighted by Gasteiger charge is -2.29. The molecule has 0 aromatic carbocycles. The fourth-order valence-electron chi connectivity index (χ4n) is 3.10. The lowest BCUT2D eigenvalue weighted by molar-refractivity contribution is 0.310. The first-order valence-electron chi connectivity index (χ1n) is 7.83. The van der Waals surface area contributed by atoms with Crippen LogP contribution in [0.3, 0.4) is 0 Å². The molecule has 0 N–H and O–H groups in total. The van der Waals surface area contributed by atoms with Crippen molar-refractivity contribution >= 4 is 10.0 Å². The molecule has 2 aromatic rings. The minimum Gasteiger partial charge on any atom is -0.313 e. The molecule has 0 unspecified atom stereocenters. The molecule has 0 bridgehead atoms. The van der Waals surface area contributed by atoms with Gasteiger partial charge in [-0.15, -0.1) is 10.2 Å². The number of nitrogens with zero attached hydrogens (tertiary/aromatic N) is 6. The van der Waals surface area contributed by atoms with E-state index in [1.165, 1.54) is 6.26 Å². The number of hydrogen-bond donors (Lipinski definition) is 0.